The first-order valence-electron chi connectivity index (χ1n) is 7.75. The van der Waals surface area contributed by atoms with Gasteiger partial charge in [0.25, 0.3) is 5.91 Å². The van der Waals surface area contributed by atoms with Gasteiger partial charge in [0, 0.05) is 24.2 Å². The molecule has 2 aromatic carbocycles. The van der Waals surface area contributed by atoms with Gasteiger partial charge in [0.15, 0.2) is 0 Å². The van der Waals surface area contributed by atoms with Crippen molar-refractivity contribution in [1.29, 1.82) is 0 Å². The van der Waals surface area contributed by atoms with Crippen LogP contribution in [0.4, 0.5) is 5.69 Å². The van der Waals surface area contributed by atoms with Gasteiger partial charge < -0.3 is 10.1 Å². The second-order valence-electron chi connectivity index (χ2n) is 5.36. The van der Waals surface area contributed by atoms with Crippen LogP contribution >= 0.6 is 0 Å². The molecule has 0 radical (unpaired) electrons. The number of amides is 1. The van der Waals surface area contributed by atoms with E-state index in [0.29, 0.717) is 17.9 Å². The van der Waals surface area contributed by atoms with E-state index in [0.717, 1.165) is 16.7 Å². The highest BCUT2D eigenvalue weighted by Gasteiger charge is 2.16. The minimum atomic E-state index is -0.254. The van der Waals surface area contributed by atoms with Crippen molar-refractivity contribution >= 4 is 28.4 Å². The molecule has 0 saturated carbocycles. The summed E-state index contributed by atoms with van der Waals surface area (Å²) in [5.74, 6) is 0.366. The number of anilines is 1. The lowest BCUT2D eigenvalue weighted by atomic mass is 10.1. The average Bonchev–Trinajstić information content (AvgIpc) is 2.97. The standard InChI is InChI=1S/C19H18N2O3/c1-3-24-15-10-8-14(9-11-15)20-19(23)17-12-21(13(2)22)18-7-5-4-6-16(17)18/h4-12H,3H2,1-2H3,(H,20,23). The number of ether oxygens (including phenoxy) is 1. The number of aromatic nitrogens is 1. The van der Waals surface area contributed by atoms with Gasteiger partial charge in [-0.05, 0) is 37.3 Å². The number of carbonyl (C=O) groups excluding carboxylic acids is 2. The van der Waals surface area contributed by atoms with E-state index in [2.05, 4.69) is 5.32 Å². The quantitative estimate of drug-likeness (QED) is 0.791. The highest BCUT2D eigenvalue weighted by molar-refractivity contribution is 6.14. The first-order chi connectivity index (χ1) is 11.6. The first-order valence-corrected chi connectivity index (χ1v) is 7.75. The third kappa shape index (κ3) is 3.01. The van der Waals surface area contributed by atoms with Crippen molar-refractivity contribution in [3.63, 3.8) is 0 Å². The fourth-order valence-electron chi connectivity index (χ4n) is 2.62. The van der Waals surface area contributed by atoms with Crippen molar-refractivity contribution in [1.82, 2.24) is 4.57 Å². The summed E-state index contributed by atoms with van der Waals surface area (Å²) in [4.78, 5) is 24.4. The van der Waals surface area contributed by atoms with Gasteiger partial charge in [0.05, 0.1) is 17.7 Å². The van der Waals surface area contributed by atoms with Crippen molar-refractivity contribution in [2.24, 2.45) is 0 Å². The lowest BCUT2D eigenvalue weighted by Gasteiger charge is -2.06. The summed E-state index contributed by atoms with van der Waals surface area (Å²) < 4.78 is 6.87. The Morgan fingerprint density at radius 3 is 2.46 bits per heavy atom. The topological polar surface area (TPSA) is 60.3 Å². The van der Waals surface area contributed by atoms with E-state index in [1.54, 1.807) is 30.5 Å². The fourth-order valence-corrected chi connectivity index (χ4v) is 2.62. The summed E-state index contributed by atoms with van der Waals surface area (Å²) in [6, 6.07) is 14.5. The molecule has 0 bridgehead atoms. The predicted molar refractivity (Wildman–Crippen MR) is 93.8 cm³/mol. The number of hydrogen-bond donors (Lipinski definition) is 1. The molecule has 1 heterocycles. The largest absolute Gasteiger partial charge is 0.494 e. The van der Waals surface area contributed by atoms with Crippen LogP contribution < -0.4 is 10.1 Å². The van der Waals surface area contributed by atoms with Gasteiger partial charge in [-0.2, -0.15) is 0 Å². The highest BCUT2D eigenvalue weighted by atomic mass is 16.5. The SMILES string of the molecule is CCOc1ccc(NC(=O)c2cn(C(C)=O)c3ccccc23)cc1. The van der Waals surface area contributed by atoms with Crippen LogP contribution in [0, 0.1) is 0 Å². The molecule has 0 saturated heterocycles. The van der Waals surface area contributed by atoms with Crippen molar-refractivity contribution in [2.45, 2.75) is 13.8 Å². The van der Waals surface area contributed by atoms with E-state index in [-0.39, 0.29) is 11.8 Å². The van der Waals surface area contributed by atoms with Crippen LogP contribution in [0.25, 0.3) is 10.9 Å². The number of para-hydroxylation sites is 1. The second-order valence-corrected chi connectivity index (χ2v) is 5.36. The molecule has 1 amide bonds. The number of hydrogen-bond acceptors (Lipinski definition) is 3. The normalized spacial score (nSPS) is 10.6. The second kappa shape index (κ2) is 6.58. The van der Waals surface area contributed by atoms with Crippen LogP contribution in [0.5, 0.6) is 5.75 Å². The average molecular weight is 322 g/mol. The smallest absolute Gasteiger partial charge is 0.257 e. The predicted octanol–water partition coefficient (Wildman–Crippen LogP) is 3.95. The zero-order valence-electron chi connectivity index (χ0n) is 13.6. The van der Waals surface area contributed by atoms with Gasteiger partial charge in [0.1, 0.15) is 5.75 Å². The zero-order valence-corrected chi connectivity index (χ0v) is 13.6. The van der Waals surface area contributed by atoms with Gasteiger partial charge in [-0.3, -0.25) is 14.2 Å². The van der Waals surface area contributed by atoms with E-state index in [1.165, 1.54) is 11.5 Å². The summed E-state index contributed by atoms with van der Waals surface area (Å²) >= 11 is 0. The minimum Gasteiger partial charge on any atom is -0.494 e. The first kappa shape index (κ1) is 15.8. The summed E-state index contributed by atoms with van der Waals surface area (Å²) in [5.41, 5.74) is 1.86. The third-order valence-corrected chi connectivity index (χ3v) is 3.72. The molecule has 5 heteroatoms. The van der Waals surface area contributed by atoms with Gasteiger partial charge in [-0.1, -0.05) is 18.2 Å². The van der Waals surface area contributed by atoms with Crippen molar-refractivity contribution in [3.05, 3.63) is 60.3 Å². The number of fused-ring (bicyclic) bond motifs is 1. The van der Waals surface area contributed by atoms with E-state index in [4.69, 9.17) is 4.74 Å². The van der Waals surface area contributed by atoms with Gasteiger partial charge in [-0.25, -0.2) is 0 Å². The Kier molecular flexibility index (Phi) is 4.33. The summed E-state index contributed by atoms with van der Waals surface area (Å²) in [6.45, 7) is 3.98. The lowest BCUT2D eigenvalue weighted by molar-refractivity contribution is 0.0941. The maximum Gasteiger partial charge on any atom is 0.257 e. The van der Waals surface area contributed by atoms with E-state index in [9.17, 15) is 9.59 Å². The van der Waals surface area contributed by atoms with Crippen molar-refractivity contribution in [2.75, 3.05) is 11.9 Å². The number of rotatable bonds is 4. The molecule has 3 aromatic rings. The monoisotopic (exact) mass is 322 g/mol. The number of nitrogens with zero attached hydrogens (tertiary/aromatic N) is 1. The van der Waals surface area contributed by atoms with E-state index >= 15 is 0 Å². The van der Waals surface area contributed by atoms with Crippen LogP contribution in [0.2, 0.25) is 0 Å². The molecule has 24 heavy (non-hydrogen) atoms. The molecule has 0 aliphatic heterocycles. The van der Waals surface area contributed by atoms with Crippen molar-refractivity contribution < 1.29 is 14.3 Å². The van der Waals surface area contributed by atoms with Crippen LogP contribution in [0.1, 0.15) is 29.0 Å². The number of benzene rings is 2. The molecule has 0 fully saturated rings. The molecular weight excluding hydrogens is 304 g/mol. The highest BCUT2D eigenvalue weighted by Crippen LogP contribution is 2.23. The molecule has 1 N–H and O–H groups in total. The summed E-state index contributed by atoms with van der Waals surface area (Å²) in [7, 11) is 0. The maximum atomic E-state index is 12.6. The van der Waals surface area contributed by atoms with Crippen molar-refractivity contribution in [3.8, 4) is 5.75 Å². The van der Waals surface area contributed by atoms with Gasteiger partial charge in [-0.15, -0.1) is 0 Å². The molecule has 122 valence electrons. The summed E-state index contributed by atoms with van der Waals surface area (Å²) in [5, 5.41) is 3.60. The molecule has 0 aliphatic carbocycles. The van der Waals surface area contributed by atoms with Crippen LogP contribution in [-0.4, -0.2) is 23.0 Å². The summed E-state index contributed by atoms with van der Waals surface area (Å²) in [6.07, 6.45) is 1.58. The van der Waals surface area contributed by atoms with Gasteiger partial charge >= 0.3 is 0 Å². The Morgan fingerprint density at radius 2 is 1.79 bits per heavy atom. The van der Waals surface area contributed by atoms with E-state index in [1.807, 2.05) is 31.2 Å². The van der Waals surface area contributed by atoms with Crippen LogP contribution in [0.3, 0.4) is 0 Å². The Morgan fingerprint density at radius 1 is 1.08 bits per heavy atom. The fraction of sp³-hybridized carbons (Fsp3) is 0.158. The minimum absolute atomic E-state index is 0.133. The molecule has 0 spiro atoms. The lowest BCUT2D eigenvalue weighted by Crippen LogP contribution is -2.11. The molecule has 0 aliphatic rings. The maximum absolute atomic E-state index is 12.6. The Balaban J connectivity index is 1.90. The Labute approximate surface area is 139 Å². The Hall–Kier alpha value is -3.08. The zero-order chi connectivity index (χ0) is 17.1. The molecular formula is C19H18N2O3. The molecule has 3 rings (SSSR count). The Bertz CT molecular complexity index is 895. The van der Waals surface area contributed by atoms with Crippen LogP contribution in [0.15, 0.2) is 54.7 Å². The molecule has 5 nitrogen and oxygen atoms in total. The molecule has 0 atom stereocenters. The van der Waals surface area contributed by atoms with E-state index < -0.39 is 0 Å². The molecule has 0 unspecified atom stereocenters. The number of nitrogens with one attached hydrogen (secondary N) is 1. The molecule has 1 aromatic heterocycles. The number of carbonyl (C=O) groups is 2. The third-order valence-electron chi connectivity index (χ3n) is 3.72. The van der Waals surface area contributed by atoms with Crippen LogP contribution in [-0.2, 0) is 0 Å². The van der Waals surface area contributed by atoms with Gasteiger partial charge in [0.2, 0.25) is 5.91 Å².